The predicted octanol–water partition coefficient (Wildman–Crippen LogP) is 5.39. The van der Waals surface area contributed by atoms with Crippen LogP contribution in [0.25, 0.3) is 16.6 Å². The van der Waals surface area contributed by atoms with Gasteiger partial charge in [0.1, 0.15) is 5.65 Å². The van der Waals surface area contributed by atoms with Crippen molar-refractivity contribution < 1.29 is 9.90 Å². The number of carbonyl (C=O) groups is 1. The van der Waals surface area contributed by atoms with E-state index < -0.39 is 22.9 Å². The second kappa shape index (κ2) is 11.3. The number of para-hydroxylation sites is 1. The van der Waals surface area contributed by atoms with E-state index >= 15 is 0 Å². The summed E-state index contributed by atoms with van der Waals surface area (Å²) in [5.74, 6) is -0.819. The van der Waals surface area contributed by atoms with Crippen LogP contribution in [0.4, 0.5) is 17.5 Å². The summed E-state index contributed by atoms with van der Waals surface area (Å²) in [7, 11) is 0. The normalized spacial score (nSPS) is 14.7. The van der Waals surface area contributed by atoms with E-state index in [2.05, 4.69) is 44.2 Å². The molecule has 1 aliphatic heterocycles. The van der Waals surface area contributed by atoms with Gasteiger partial charge in [-0.1, -0.05) is 67.9 Å². The van der Waals surface area contributed by atoms with Crippen molar-refractivity contribution in [3.05, 3.63) is 75.5 Å². The van der Waals surface area contributed by atoms with Gasteiger partial charge in [0.05, 0.1) is 16.2 Å². The molecule has 6 rings (SSSR count). The first kappa shape index (κ1) is 28.7. The fourth-order valence-electron chi connectivity index (χ4n) is 5.17. The number of nitrogens with zero attached hydrogens (tertiary/aromatic N) is 6. The number of nitrogen functional groups attached to an aromatic ring is 1. The Bertz CT molecular complexity index is 1940. The Morgan fingerprint density at radius 3 is 2.60 bits per heavy atom. The zero-order chi connectivity index (χ0) is 30.3. The van der Waals surface area contributed by atoms with Crippen LogP contribution in [0.5, 0.6) is 5.88 Å². The molecule has 0 bridgehead atoms. The number of aromatic nitrogens is 5. The average Bonchev–Trinajstić information content (AvgIpc) is 3.00. The van der Waals surface area contributed by atoms with Gasteiger partial charge in [0.2, 0.25) is 11.8 Å². The summed E-state index contributed by atoms with van der Waals surface area (Å²) in [6.07, 6.45) is 3.23. The Morgan fingerprint density at radius 2 is 1.86 bits per heavy atom. The summed E-state index contributed by atoms with van der Waals surface area (Å²) in [6.45, 7) is 6.20. The second-order valence-corrected chi connectivity index (χ2v) is 12.2. The Hall–Kier alpha value is -4.42. The molecule has 1 amide bonds. The standard InChI is InChI=1S/C30H29ClN8O3S/c1-3-30(2)13-15-38(16-14-30)29-35-24(32)27(36-37-29)43-20-10-6-8-18(23(20)31)33-25(40)22-26(41)34-21-12-11-17-7-4-5-9-19(17)39(21)28(22)42/h4-12,41H,3,13-16H2,1-2H3,(H,33,40)(H2,32,35,37). The zero-order valence-corrected chi connectivity index (χ0v) is 25.1. The number of fused-ring (bicyclic) bond motifs is 3. The lowest BCUT2D eigenvalue weighted by Crippen LogP contribution is -2.39. The van der Waals surface area contributed by atoms with Crippen molar-refractivity contribution in [2.75, 3.05) is 29.0 Å². The number of anilines is 3. The van der Waals surface area contributed by atoms with Crippen LogP contribution in [0.1, 0.15) is 43.5 Å². The van der Waals surface area contributed by atoms with E-state index in [0.29, 0.717) is 26.8 Å². The highest BCUT2D eigenvalue weighted by atomic mass is 35.5. The molecule has 0 saturated carbocycles. The molecule has 11 nitrogen and oxygen atoms in total. The van der Waals surface area contributed by atoms with Crippen LogP contribution in [-0.2, 0) is 0 Å². The van der Waals surface area contributed by atoms with Crippen molar-refractivity contribution >= 4 is 63.3 Å². The average molecular weight is 617 g/mol. The molecule has 0 spiro atoms. The Morgan fingerprint density at radius 1 is 1.09 bits per heavy atom. The van der Waals surface area contributed by atoms with E-state index in [-0.39, 0.29) is 22.2 Å². The van der Waals surface area contributed by atoms with Gasteiger partial charge in [0.15, 0.2) is 16.4 Å². The molecule has 3 aromatic heterocycles. The van der Waals surface area contributed by atoms with Gasteiger partial charge in [-0.25, -0.2) is 0 Å². The predicted molar refractivity (Wildman–Crippen MR) is 168 cm³/mol. The maximum absolute atomic E-state index is 13.4. The van der Waals surface area contributed by atoms with Crippen LogP contribution in [0.15, 0.2) is 69.3 Å². The Labute approximate surface area is 256 Å². The number of halogens is 1. The highest BCUT2D eigenvalue weighted by Crippen LogP contribution is 2.39. The van der Waals surface area contributed by atoms with Gasteiger partial charge in [0, 0.05) is 18.0 Å². The fraction of sp³-hybridized carbons (Fsp3) is 0.267. The molecule has 5 aromatic rings. The third-order valence-corrected chi connectivity index (χ3v) is 9.67. The van der Waals surface area contributed by atoms with Crippen LogP contribution >= 0.6 is 23.4 Å². The topological polar surface area (TPSA) is 152 Å². The summed E-state index contributed by atoms with van der Waals surface area (Å²) < 4.78 is 1.29. The van der Waals surface area contributed by atoms with E-state index in [1.54, 1.807) is 42.5 Å². The molecule has 0 aliphatic carbocycles. The third-order valence-electron chi connectivity index (χ3n) is 8.10. The van der Waals surface area contributed by atoms with Gasteiger partial charge >= 0.3 is 0 Å². The number of nitrogens with two attached hydrogens (primary N) is 1. The lowest BCUT2D eigenvalue weighted by atomic mass is 9.78. The summed E-state index contributed by atoms with van der Waals surface area (Å²) in [5, 5.41) is 23.2. The number of amides is 1. The van der Waals surface area contributed by atoms with Crippen LogP contribution in [0.2, 0.25) is 5.02 Å². The first-order valence-corrected chi connectivity index (χ1v) is 15.0. The van der Waals surface area contributed by atoms with Gasteiger partial charge in [-0.15, -0.1) is 10.2 Å². The molecule has 1 saturated heterocycles. The van der Waals surface area contributed by atoms with Gasteiger partial charge in [-0.3, -0.25) is 14.0 Å². The first-order valence-electron chi connectivity index (χ1n) is 13.8. The van der Waals surface area contributed by atoms with Crippen LogP contribution < -0.4 is 21.5 Å². The van der Waals surface area contributed by atoms with Crippen molar-refractivity contribution in [1.82, 2.24) is 24.6 Å². The molecular formula is C30H29ClN8O3S. The monoisotopic (exact) mass is 616 g/mol. The lowest BCUT2D eigenvalue weighted by Gasteiger charge is -2.38. The van der Waals surface area contributed by atoms with Crippen molar-refractivity contribution in [3.63, 3.8) is 0 Å². The number of nitrogens with one attached hydrogen (secondary N) is 1. The van der Waals surface area contributed by atoms with E-state index in [1.807, 2.05) is 12.1 Å². The van der Waals surface area contributed by atoms with Crippen LogP contribution in [0, 0.1) is 5.41 Å². The fourth-order valence-corrected chi connectivity index (χ4v) is 6.24. The molecule has 220 valence electrons. The minimum Gasteiger partial charge on any atom is -0.493 e. The second-order valence-electron chi connectivity index (χ2n) is 10.8. The molecule has 1 fully saturated rings. The lowest BCUT2D eigenvalue weighted by molar-refractivity contribution is 0.102. The van der Waals surface area contributed by atoms with Crippen LogP contribution in [0.3, 0.4) is 0 Å². The van der Waals surface area contributed by atoms with E-state index in [0.717, 1.165) is 49.5 Å². The number of benzene rings is 2. The minimum absolute atomic E-state index is 0.194. The maximum Gasteiger partial charge on any atom is 0.275 e. The van der Waals surface area contributed by atoms with Gasteiger partial charge in [0.25, 0.3) is 11.5 Å². The van der Waals surface area contributed by atoms with Crippen molar-refractivity contribution in [2.24, 2.45) is 5.41 Å². The van der Waals surface area contributed by atoms with Gasteiger partial charge < -0.3 is 21.1 Å². The molecule has 13 heteroatoms. The number of piperidine rings is 1. The Kier molecular flexibility index (Phi) is 7.57. The molecule has 0 atom stereocenters. The van der Waals surface area contributed by atoms with E-state index in [1.165, 1.54) is 4.40 Å². The largest absolute Gasteiger partial charge is 0.493 e. The molecule has 4 heterocycles. The smallest absolute Gasteiger partial charge is 0.275 e. The SMILES string of the molecule is CCC1(C)CCN(c2nnc(Sc3cccc(NC(=O)c4c(O)nc5ccc6ccccc6n5c4=O)c3Cl)c(N)n2)CC1. The first-order chi connectivity index (χ1) is 20.7. The molecule has 1 aliphatic rings. The molecule has 0 radical (unpaired) electrons. The molecular weight excluding hydrogens is 588 g/mol. The third kappa shape index (κ3) is 5.43. The van der Waals surface area contributed by atoms with Crippen molar-refractivity contribution in [3.8, 4) is 5.88 Å². The minimum atomic E-state index is -0.854. The highest BCUT2D eigenvalue weighted by Gasteiger charge is 2.30. The van der Waals surface area contributed by atoms with Crippen molar-refractivity contribution in [1.29, 1.82) is 0 Å². The Balaban J connectivity index is 1.24. The number of hydrogen-bond acceptors (Lipinski definition) is 10. The summed E-state index contributed by atoms with van der Waals surface area (Å²) in [5.41, 5.74) is 6.38. The van der Waals surface area contributed by atoms with Crippen molar-refractivity contribution in [2.45, 2.75) is 43.0 Å². The zero-order valence-electron chi connectivity index (χ0n) is 23.5. The molecule has 43 heavy (non-hydrogen) atoms. The quantitative estimate of drug-likeness (QED) is 0.212. The number of pyridine rings is 1. The highest BCUT2D eigenvalue weighted by molar-refractivity contribution is 7.99. The van der Waals surface area contributed by atoms with E-state index in [4.69, 9.17) is 17.3 Å². The summed E-state index contributed by atoms with van der Waals surface area (Å²) in [6, 6.07) is 15.6. The van der Waals surface area contributed by atoms with E-state index in [9.17, 15) is 14.7 Å². The van der Waals surface area contributed by atoms with Gasteiger partial charge in [-0.05, 0) is 54.0 Å². The van der Waals surface area contributed by atoms with Crippen LogP contribution in [-0.4, -0.2) is 48.7 Å². The molecule has 2 aromatic carbocycles. The number of hydrogen-bond donors (Lipinski definition) is 3. The molecule has 4 N–H and O–H groups in total. The molecule has 0 unspecified atom stereocenters. The number of carbonyl (C=O) groups excluding carboxylic acids is 1. The summed E-state index contributed by atoms with van der Waals surface area (Å²) in [4.78, 5) is 38.0. The van der Waals surface area contributed by atoms with Gasteiger partial charge in [-0.2, -0.15) is 9.97 Å². The number of rotatable bonds is 6. The number of aromatic hydroxyl groups is 1. The summed E-state index contributed by atoms with van der Waals surface area (Å²) >= 11 is 7.83. The maximum atomic E-state index is 13.4.